The molecule has 0 saturated carbocycles. The molecule has 1 aliphatic heterocycles. The van der Waals surface area contributed by atoms with E-state index in [1.54, 1.807) is 21.7 Å². The molecule has 0 bridgehead atoms. The first-order valence-electron chi connectivity index (χ1n) is 10.6. The van der Waals surface area contributed by atoms with Crippen molar-refractivity contribution in [1.29, 1.82) is 5.26 Å². The van der Waals surface area contributed by atoms with Gasteiger partial charge >= 0.3 is 0 Å². The van der Waals surface area contributed by atoms with Gasteiger partial charge in [-0.2, -0.15) is 14.2 Å². The number of carbonyl (C=O) groups is 1. The Balaban J connectivity index is 1.38. The molecule has 1 fully saturated rings. The van der Waals surface area contributed by atoms with Crippen molar-refractivity contribution in [3.05, 3.63) is 59.2 Å². The fraction of sp³-hybridized carbons (Fsp3) is 0.318. The number of aromatic nitrogens is 4. The van der Waals surface area contributed by atoms with Gasteiger partial charge in [-0.15, -0.1) is 5.10 Å². The number of hydrogen-bond acceptors (Lipinski definition) is 8. The molecule has 0 aliphatic carbocycles. The van der Waals surface area contributed by atoms with Gasteiger partial charge in [0, 0.05) is 26.2 Å². The summed E-state index contributed by atoms with van der Waals surface area (Å²) in [5.74, 6) is 0.0184. The van der Waals surface area contributed by atoms with Crippen LogP contribution in [0.15, 0.2) is 52.5 Å². The minimum atomic E-state index is -3.81. The predicted octanol–water partition coefficient (Wildman–Crippen LogP) is 1.78. The minimum absolute atomic E-state index is 0.00823. The molecule has 4 rings (SSSR count). The number of carbonyl (C=O) groups excluding carboxylic acids is 1. The Kier molecular flexibility index (Phi) is 6.97. The molecule has 0 unspecified atom stereocenters. The zero-order valence-electron chi connectivity index (χ0n) is 18.7. The molecule has 1 aliphatic rings. The zero-order chi connectivity index (χ0) is 24.3. The standard InChI is InChI=1S/C22H23N7O3S2/c1-16-6-5-8-19(17(16)2)29-22(24-25-26-29)33-15-21(30)27-10-12-28(13-11-27)34(31,32)20-9-4-3-7-18(20)14-23/h3-9H,10-13,15H2,1-2H3. The Morgan fingerprint density at radius 3 is 2.56 bits per heavy atom. The first kappa shape index (κ1) is 23.9. The van der Waals surface area contributed by atoms with E-state index < -0.39 is 10.0 Å². The van der Waals surface area contributed by atoms with Crippen LogP contribution in [0.4, 0.5) is 0 Å². The van der Waals surface area contributed by atoms with Crippen LogP contribution in [0.5, 0.6) is 0 Å². The highest BCUT2D eigenvalue weighted by atomic mass is 32.2. The van der Waals surface area contributed by atoms with Gasteiger partial charge in [-0.25, -0.2) is 8.42 Å². The molecule has 10 nitrogen and oxygen atoms in total. The maximum absolute atomic E-state index is 13.0. The normalized spacial score (nSPS) is 14.7. The van der Waals surface area contributed by atoms with Crippen LogP contribution in [0.1, 0.15) is 16.7 Å². The van der Waals surface area contributed by atoms with Gasteiger partial charge in [0.15, 0.2) is 0 Å². The third-order valence-corrected chi connectivity index (χ3v) is 8.65. The van der Waals surface area contributed by atoms with Gasteiger partial charge in [0.05, 0.1) is 21.9 Å². The highest BCUT2D eigenvalue weighted by Gasteiger charge is 2.31. The lowest BCUT2D eigenvalue weighted by molar-refractivity contribution is -0.129. The number of tetrazole rings is 1. The number of piperazine rings is 1. The van der Waals surface area contributed by atoms with Crippen LogP contribution in [0, 0.1) is 25.2 Å². The van der Waals surface area contributed by atoms with E-state index in [-0.39, 0.29) is 48.3 Å². The first-order chi connectivity index (χ1) is 16.3. The Hall–Kier alpha value is -3.27. The van der Waals surface area contributed by atoms with Crippen molar-refractivity contribution in [3.63, 3.8) is 0 Å². The average Bonchev–Trinajstić information content (AvgIpc) is 3.32. The van der Waals surface area contributed by atoms with Crippen molar-refractivity contribution >= 4 is 27.7 Å². The molecule has 0 spiro atoms. The highest BCUT2D eigenvalue weighted by molar-refractivity contribution is 7.99. The maximum atomic E-state index is 13.0. The lowest BCUT2D eigenvalue weighted by Crippen LogP contribution is -2.51. The summed E-state index contributed by atoms with van der Waals surface area (Å²) in [6.07, 6.45) is 0. The van der Waals surface area contributed by atoms with Gasteiger partial charge in [0.1, 0.15) is 6.07 Å². The quantitative estimate of drug-likeness (QED) is 0.472. The number of hydrogen-bond donors (Lipinski definition) is 0. The Morgan fingerprint density at radius 2 is 1.82 bits per heavy atom. The van der Waals surface area contributed by atoms with Crippen LogP contribution >= 0.6 is 11.8 Å². The number of rotatable bonds is 6. The molecule has 0 radical (unpaired) electrons. The molecule has 1 aromatic heterocycles. The fourth-order valence-electron chi connectivity index (χ4n) is 3.70. The number of thioether (sulfide) groups is 1. The minimum Gasteiger partial charge on any atom is -0.339 e. The molecule has 12 heteroatoms. The van der Waals surface area contributed by atoms with Crippen molar-refractivity contribution in [1.82, 2.24) is 29.4 Å². The number of nitriles is 1. The van der Waals surface area contributed by atoms with E-state index in [0.29, 0.717) is 5.16 Å². The number of aryl methyl sites for hydroxylation is 1. The number of sulfonamides is 1. The third-order valence-electron chi connectivity index (χ3n) is 5.79. The van der Waals surface area contributed by atoms with E-state index in [1.165, 1.54) is 28.2 Å². The molecule has 2 heterocycles. The monoisotopic (exact) mass is 497 g/mol. The summed E-state index contributed by atoms with van der Waals surface area (Å²) in [6, 6.07) is 13.9. The Bertz CT molecular complexity index is 1360. The van der Waals surface area contributed by atoms with Gasteiger partial charge in [0.25, 0.3) is 0 Å². The summed E-state index contributed by atoms with van der Waals surface area (Å²) in [6.45, 7) is 4.88. The summed E-state index contributed by atoms with van der Waals surface area (Å²) in [5, 5.41) is 21.6. The van der Waals surface area contributed by atoms with E-state index in [1.807, 2.05) is 38.1 Å². The predicted molar refractivity (Wildman–Crippen MR) is 126 cm³/mol. The molecular formula is C22H23N7O3S2. The molecule has 1 saturated heterocycles. The highest BCUT2D eigenvalue weighted by Crippen LogP contribution is 2.24. The number of nitrogens with zero attached hydrogens (tertiary/aromatic N) is 7. The van der Waals surface area contributed by atoms with E-state index >= 15 is 0 Å². The van der Waals surface area contributed by atoms with Crippen LogP contribution in [-0.2, 0) is 14.8 Å². The summed E-state index contributed by atoms with van der Waals surface area (Å²) in [7, 11) is -3.81. The Labute approximate surface area is 202 Å². The number of benzene rings is 2. The fourth-order valence-corrected chi connectivity index (χ4v) is 6.05. The number of amides is 1. The van der Waals surface area contributed by atoms with Gasteiger partial charge < -0.3 is 4.90 Å². The van der Waals surface area contributed by atoms with Gasteiger partial charge in [-0.05, 0) is 53.6 Å². The summed E-state index contributed by atoms with van der Waals surface area (Å²) < 4.78 is 28.9. The van der Waals surface area contributed by atoms with E-state index in [9.17, 15) is 18.5 Å². The molecule has 176 valence electrons. The van der Waals surface area contributed by atoms with Gasteiger partial charge in [0.2, 0.25) is 21.1 Å². The summed E-state index contributed by atoms with van der Waals surface area (Å²) >= 11 is 1.24. The second kappa shape index (κ2) is 9.92. The lowest BCUT2D eigenvalue weighted by Gasteiger charge is -2.34. The SMILES string of the molecule is Cc1cccc(-n2nnnc2SCC(=O)N2CCN(S(=O)(=O)c3ccccc3C#N)CC2)c1C. The molecule has 1 amide bonds. The average molecular weight is 498 g/mol. The van der Waals surface area contributed by atoms with E-state index in [4.69, 9.17) is 0 Å². The Morgan fingerprint density at radius 1 is 1.09 bits per heavy atom. The molecule has 0 N–H and O–H groups in total. The molecule has 3 aromatic rings. The molecule has 34 heavy (non-hydrogen) atoms. The smallest absolute Gasteiger partial charge is 0.244 e. The first-order valence-corrected chi connectivity index (χ1v) is 13.0. The van der Waals surface area contributed by atoms with Crippen molar-refractivity contribution in [2.45, 2.75) is 23.9 Å². The summed E-state index contributed by atoms with van der Waals surface area (Å²) in [4.78, 5) is 14.4. The van der Waals surface area contributed by atoms with Crippen molar-refractivity contribution in [2.24, 2.45) is 0 Å². The molecule has 2 aromatic carbocycles. The second-order valence-corrected chi connectivity index (χ2v) is 10.6. The topological polar surface area (TPSA) is 125 Å². The summed E-state index contributed by atoms with van der Waals surface area (Å²) in [5.41, 5.74) is 3.14. The molecule has 0 atom stereocenters. The van der Waals surface area contributed by atoms with Gasteiger partial charge in [-0.1, -0.05) is 36.0 Å². The lowest BCUT2D eigenvalue weighted by atomic mass is 10.1. The van der Waals surface area contributed by atoms with E-state index in [0.717, 1.165) is 16.8 Å². The van der Waals surface area contributed by atoms with E-state index in [2.05, 4.69) is 15.5 Å². The van der Waals surface area contributed by atoms with Crippen LogP contribution in [0.3, 0.4) is 0 Å². The second-order valence-electron chi connectivity index (χ2n) is 7.77. The third kappa shape index (κ3) is 4.68. The van der Waals surface area contributed by atoms with Crippen LogP contribution in [0.25, 0.3) is 5.69 Å². The maximum Gasteiger partial charge on any atom is 0.244 e. The van der Waals surface area contributed by atoms with Crippen molar-refractivity contribution in [3.8, 4) is 11.8 Å². The van der Waals surface area contributed by atoms with Crippen LogP contribution in [-0.4, -0.2) is 75.7 Å². The van der Waals surface area contributed by atoms with Crippen molar-refractivity contribution in [2.75, 3.05) is 31.9 Å². The van der Waals surface area contributed by atoms with Gasteiger partial charge in [-0.3, -0.25) is 4.79 Å². The van der Waals surface area contributed by atoms with Crippen molar-refractivity contribution < 1.29 is 13.2 Å². The zero-order valence-corrected chi connectivity index (χ0v) is 20.4. The van der Waals surface area contributed by atoms with Crippen LogP contribution < -0.4 is 0 Å². The largest absolute Gasteiger partial charge is 0.339 e. The molecular weight excluding hydrogens is 474 g/mol. The van der Waals surface area contributed by atoms with Crippen LogP contribution in [0.2, 0.25) is 0 Å².